The summed E-state index contributed by atoms with van der Waals surface area (Å²) in [5.74, 6) is -2.63. The molecule has 0 aromatic rings. The summed E-state index contributed by atoms with van der Waals surface area (Å²) in [5, 5.41) is 18.6. The van der Waals surface area contributed by atoms with E-state index < -0.39 is 26.2 Å². The quantitative estimate of drug-likeness (QED) is 0.443. The molecule has 1 atom stereocenters. The van der Waals surface area contributed by atoms with Gasteiger partial charge in [0, 0.05) is 26.9 Å². The molecule has 0 rings (SSSR count). The zero-order valence-electron chi connectivity index (χ0n) is 13.3. The number of carboxylic acids is 2. The lowest BCUT2D eigenvalue weighted by molar-refractivity contribution is -0.165. The molecule has 0 bridgehead atoms. The molecule has 0 radical (unpaired) electrons. The van der Waals surface area contributed by atoms with Crippen LogP contribution in [0.5, 0.6) is 0 Å². The van der Waals surface area contributed by atoms with Gasteiger partial charge < -0.3 is 23.5 Å². The van der Waals surface area contributed by atoms with E-state index in [2.05, 4.69) is 0 Å². The topological polar surface area (TPSA) is 102 Å². The largest absolute Gasteiger partial charge is 0.503 e. The molecule has 1 unspecified atom stereocenters. The van der Waals surface area contributed by atoms with Crippen molar-refractivity contribution in [2.45, 2.75) is 45.1 Å². The molecule has 0 heterocycles. The third-order valence-electron chi connectivity index (χ3n) is 4.19. The molecule has 0 amide bonds. The molecule has 2 N–H and O–H groups in total. The minimum atomic E-state index is -2.91. The lowest BCUT2D eigenvalue weighted by Gasteiger charge is -2.33. The van der Waals surface area contributed by atoms with Gasteiger partial charge in [-0.15, -0.1) is 0 Å². The zero-order valence-corrected chi connectivity index (χ0v) is 14.3. The van der Waals surface area contributed by atoms with Crippen LogP contribution in [0.15, 0.2) is 0 Å². The summed E-state index contributed by atoms with van der Waals surface area (Å²) in [6.45, 7) is 3.48. The lowest BCUT2D eigenvalue weighted by atomic mass is 9.80. The van der Waals surface area contributed by atoms with Gasteiger partial charge in [0.15, 0.2) is 5.41 Å². The van der Waals surface area contributed by atoms with Gasteiger partial charge in [-0.05, 0) is 25.7 Å². The molecule has 0 aliphatic carbocycles. The van der Waals surface area contributed by atoms with Crippen molar-refractivity contribution >= 4 is 20.7 Å². The van der Waals surface area contributed by atoms with E-state index in [0.29, 0.717) is 12.8 Å². The number of carbonyl (C=O) groups is 2. The molecule has 0 aromatic carbocycles. The van der Waals surface area contributed by atoms with Crippen molar-refractivity contribution in [3.63, 3.8) is 0 Å². The summed E-state index contributed by atoms with van der Waals surface area (Å²) in [6.07, 6.45) is 1.04. The van der Waals surface area contributed by atoms with Crippen LogP contribution in [0.4, 0.5) is 0 Å². The molecular formula is C13H26O7Si. The summed E-state index contributed by atoms with van der Waals surface area (Å²) in [7, 11) is 1.55. The Balaban J connectivity index is 5.23. The van der Waals surface area contributed by atoms with Crippen molar-refractivity contribution in [2.24, 2.45) is 5.41 Å². The van der Waals surface area contributed by atoms with Crippen LogP contribution < -0.4 is 0 Å². The molecular weight excluding hydrogens is 296 g/mol. The van der Waals surface area contributed by atoms with Gasteiger partial charge in [-0.1, -0.05) is 13.8 Å². The van der Waals surface area contributed by atoms with Crippen LogP contribution >= 0.6 is 0 Å². The van der Waals surface area contributed by atoms with Crippen molar-refractivity contribution in [3.05, 3.63) is 0 Å². The Labute approximate surface area is 126 Å². The number of hydrogen-bond acceptors (Lipinski definition) is 5. The second-order valence-electron chi connectivity index (χ2n) is 4.91. The van der Waals surface area contributed by atoms with E-state index in [-0.39, 0.29) is 18.4 Å². The third-order valence-corrected chi connectivity index (χ3v) is 7.59. The maximum Gasteiger partial charge on any atom is 0.503 e. The van der Waals surface area contributed by atoms with Crippen molar-refractivity contribution in [2.75, 3.05) is 21.3 Å². The highest BCUT2D eigenvalue weighted by Crippen LogP contribution is 2.38. The Morgan fingerprint density at radius 2 is 1.48 bits per heavy atom. The smallest absolute Gasteiger partial charge is 0.480 e. The number of carboxylic acid groups (broad SMARTS) is 2. The van der Waals surface area contributed by atoms with Crippen molar-refractivity contribution in [1.29, 1.82) is 0 Å². The molecule has 21 heavy (non-hydrogen) atoms. The SMILES string of the molecule is CCC(CCC(CC)(C(=O)O)C(=O)O)[Si](OC)(OC)OC. The van der Waals surface area contributed by atoms with Crippen LogP contribution in [0.25, 0.3) is 0 Å². The summed E-state index contributed by atoms with van der Waals surface area (Å²) in [4.78, 5) is 22.8. The summed E-state index contributed by atoms with van der Waals surface area (Å²) >= 11 is 0. The third kappa shape index (κ3) is 4.03. The highest BCUT2D eigenvalue weighted by molar-refractivity contribution is 6.62. The zero-order chi connectivity index (χ0) is 16.7. The van der Waals surface area contributed by atoms with Gasteiger partial charge >= 0.3 is 20.7 Å². The van der Waals surface area contributed by atoms with E-state index in [9.17, 15) is 19.8 Å². The molecule has 0 aliphatic rings. The van der Waals surface area contributed by atoms with Gasteiger partial charge in [0.2, 0.25) is 0 Å². The first kappa shape index (κ1) is 20.0. The Morgan fingerprint density at radius 1 is 1.05 bits per heavy atom. The Bertz CT molecular complexity index is 332. The average Bonchev–Trinajstić information content (AvgIpc) is 2.47. The minimum Gasteiger partial charge on any atom is -0.480 e. The first-order chi connectivity index (χ1) is 9.80. The number of aliphatic carboxylic acids is 2. The number of hydrogen-bond donors (Lipinski definition) is 2. The van der Waals surface area contributed by atoms with Crippen LogP contribution in [0.1, 0.15) is 39.5 Å². The first-order valence-electron chi connectivity index (χ1n) is 6.92. The van der Waals surface area contributed by atoms with E-state index in [0.717, 1.165) is 0 Å². The highest BCUT2D eigenvalue weighted by Gasteiger charge is 2.50. The molecule has 0 aliphatic heterocycles. The fraction of sp³-hybridized carbons (Fsp3) is 0.846. The fourth-order valence-corrected chi connectivity index (χ4v) is 5.08. The van der Waals surface area contributed by atoms with Gasteiger partial charge in [-0.3, -0.25) is 9.59 Å². The number of rotatable bonds is 11. The predicted octanol–water partition coefficient (Wildman–Crippen LogP) is 1.99. The highest BCUT2D eigenvalue weighted by atomic mass is 28.4. The molecule has 0 fully saturated rings. The molecule has 0 aromatic heterocycles. The van der Waals surface area contributed by atoms with Crippen LogP contribution in [0.2, 0.25) is 5.54 Å². The monoisotopic (exact) mass is 322 g/mol. The van der Waals surface area contributed by atoms with Crippen LogP contribution in [-0.4, -0.2) is 52.3 Å². The summed E-state index contributed by atoms with van der Waals surface area (Å²) in [6, 6.07) is 0. The Hall–Kier alpha value is -0.963. The minimum absolute atomic E-state index is 0.0114. The van der Waals surface area contributed by atoms with Gasteiger partial charge in [0.1, 0.15) is 0 Å². The lowest BCUT2D eigenvalue weighted by Crippen LogP contribution is -2.48. The van der Waals surface area contributed by atoms with Crippen LogP contribution in [-0.2, 0) is 22.9 Å². The van der Waals surface area contributed by atoms with Gasteiger partial charge in [0.25, 0.3) is 0 Å². The Morgan fingerprint density at radius 3 is 1.71 bits per heavy atom. The standard InChI is InChI=1S/C13H26O7Si/c1-6-10(21(18-3,19-4)20-5)8-9-13(7-2,11(14)15)12(16)17/h10H,6-9H2,1-5H3,(H,14,15)(H,16,17). The van der Waals surface area contributed by atoms with E-state index in [1.54, 1.807) is 6.92 Å². The van der Waals surface area contributed by atoms with Gasteiger partial charge in [-0.25, -0.2) is 0 Å². The van der Waals surface area contributed by atoms with Crippen molar-refractivity contribution < 1.29 is 33.1 Å². The van der Waals surface area contributed by atoms with Gasteiger partial charge in [0.05, 0.1) is 0 Å². The summed E-state index contributed by atoms with van der Waals surface area (Å²) in [5.41, 5.74) is -1.93. The molecule has 0 spiro atoms. The normalized spacial score (nSPS) is 14.0. The molecule has 7 nitrogen and oxygen atoms in total. The average molecular weight is 322 g/mol. The van der Waals surface area contributed by atoms with Crippen molar-refractivity contribution in [1.82, 2.24) is 0 Å². The van der Waals surface area contributed by atoms with Crippen molar-refractivity contribution in [3.8, 4) is 0 Å². The van der Waals surface area contributed by atoms with E-state index in [1.807, 2.05) is 6.92 Å². The summed E-state index contributed by atoms with van der Waals surface area (Å²) < 4.78 is 16.2. The van der Waals surface area contributed by atoms with E-state index in [4.69, 9.17) is 13.3 Å². The predicted molar refractivity (Wildman–Crippen MR) is 78.1 cm³/mol. The van der Waals surface area contributed by atoms with Gasteiger partial charge in [-0.2, -0.15) is 0 Å². The molecule has 0 saturated carbocycles. The fourth-order valence-electron chi connectivity index (χ4n) is 2.59. The second kappa shape index (κ2) is 8.47. The first-order valence-corrected chi connectivity index (χ1v) is 8.72. The molecule has 0 saturated heterocycles. The van der Waals surface area contributed by atoms with E-state index >= 15 is 0 Å². The maximum atomic E-state index is 11.4. The Kier molecular flexibility index (Phi) is 8.08. The molecule has 8 heteroatoms. The molecule has 124 valence electrons. The van der Waals surface area contributed by atoms with Crippen LogP contribution in [0, 0.1) is 5.41 Å². The second-order valence-corrected chi connectivity index (χ2v) is 8.15. The van der Waals surface area contributed by atoms with E-state index in [1.165, 1.54) is 21.3 Å². The maximum absolute atomic E-state index is 11.4. The van der Waals surface area contributed by atoms with Crippen LogP contribution in [0.3, 0.4) is 0 Å².